The van der Waals surface area contributed by atoms with E-state index in [1.54, 1.807) is 37.4 Å². The number of fused-ring (bicyclic) bond motifs is 1. The Morgan fingerprint density at radius 2 is 2.03 bits per heavy atom. The first-order valence-corrected chi connectivity index (χ1v) is 10.7. The van der Waals surface area contributed by atoms with Gasteiger partial charge in [0.15, 0.2) is 0 Å². The summed E-state index contributed by atoms with van der Waals surface area (Å²) in [6.07, 6.45) is 3.28. The number of anilines is 2. The van der Waals surface area contributed by atoms with Crippen molar-refractivity contribution in [2.45, 2.75) is 45.3 Å². The molecule has 0 radical (unpaired) electrons. The molecular formula is C24H28N4O4. The number of benzene rings is 1. The van der Waals surface area contributed by atoms with E-state index in [1.165, 1.54) is 10.5 Å². The molecule has 1 aliphatic heterocycles. The Morgan fingerprint density at radius 1 is 1.28 bits per heavy atom. The summed E-state index contributed by atoms with van der Waals surface area (Å²) in [4.78, 5) is 31.3. The highest BCUT2D eigenvalue weighted by Crippen LogP contribution is 2.28. The number of rotatable bonds is 5. The first-order chi connectivity index (χ1) is 15.1. The van der Waals surface area contributed by atoms with Gasteiger partial charge >= 0.3 is 5.97 Å². The number of carbonyl (C=O) groups is 1. The van der Waals surface area contributed by atoms with E-state index in [9.17, 15) is 19.8 Å². The van der Waals surface area contributed by atoms with Crippen molar-refractivity contribution in [3.05, 3.63) is 69.6 Å². The molecule has 0 amide bonds. The number of carboxylic acid groups (broad SMARTS) is 1. The van der Waals surface area contributed by atoms with Crippen LogP contribution in [0.2, 0.25) is 0 Å². The van der Waals surface area contributed by atoms with Gasteiger partial charge in [-0.3, -0.25) is 9.20 Å². The van der Waals surface area contributed by atoms with Gasteiger partial charge in [-0.2, -0.15) is 0 Å². The molecule has 4 rings (SSSR count). The van der Waals surface area contributed by atoms with Crippen LogP contribution in [-0.2, 0) is 0 Å². The van der Waals surface area contributed by atoms with Gasteiger partial charge in [-0.05, 0) is 57.4 Å². The summed E-state index contributed by atoms with van der Waals surface area (Å²) >= 11 is 0. The minimum Gasteiger partial charge on any atom is -0.478 e. The summed E-state index contributed by atoms with van der Waals surface area (Å²) in [5.41, 5.74) is 1.85. The van der Waals surface area contributed by atoms with Gasteiger partial charge in [-0.25, -0.2) is 9.78 Å². The number of hydrogen-bond donors (Lipinski definition) is 3. The number of carboxylic acids is 1. The molecule has 0 spiro atoms. The first-order valence-electron chi connectivity index (χ1n) is 10.7. The summed E-state index contributed by atoms with van der Waals surface area (Å²) in [6.45, 7) is 6.76. The number of aromatic carboxylic acids is 1. The van der Waals surface area contributed by atoms with Gasteiger partial charge in [-0.1, -0.05) is 12.1 Å². The van der Waals surface area contributed by atoms with E-state index in [-0.39, 0.29) is 17.2 Å². The largest absolute Gasteiger partial charge is 0.478 e. The molecule has 3 aromatic rings. The zero-order chi connectivity index (χ0) is 23.0. The predicted octanol–water partition coefficient (Wildman–Crippen LogP) is 3.23. The van der Waals surface area contributed by atoms with Crippen LogP contribution in [0.4, 0.5) is 11.5 Å². The van der Waals surface area contributed by atoms with E-state index < -0.39 is 11.6 Å². The van der Waals surface area contributed by atoms with Crippen molar-refractivity contribution in [1.29, 1.82) is 0 Å². The van der Waals surface area contributed by atoms with Crippen LogP contribution in [-0.4, -0.2) is 44.3 Å². The third-order valence-electron chi connectivity index (χ3n) is 5.91. The normalized spacial score (nSPS) is 19.7. The monoisotopic (exact) mass is 436 g/mol. The third-order valence-corrected chi connectivity index (χ3v) is 5.91. The van der Waals surface area contributed by atoms with Gasteiger partial charge in [0.1, 0.15) is 11.5 Å². The average Bonchev–Trinajstić information content (AvgIpc) is 2.73. The van der Waals surface area contributed by atoms with E-state index in [0.717, 1.165) is 24.1 Å². The highest BCUT2D eigenvalue weighted by Gasteiger charge is 2.29. The van der Waals surface area contributed by atoms with Gasteiger partial charge < -0.3 is 20.4 Å². The molecule has 1 aliphatic rings. The van der Waals surface area contributed by atoms with Crippen molar-refractivity contribution in [1.82, 2.24) is 9.38 Å². The van der Waals surface area contributed by atoms with Gasteiger partial charge in [0, 0.05) is 36.6 Å². The maximum atomic E-state index is 13.0. The molecule has 0 bridgehead atoms. The number of pyridine rings is 1. The molecular weight excluding hydrogens is 408 g/mol. The van der Waals surface area contributed by atoms with Gasteiger partial charge in [0.25, 0.3) is 5.56 Å². The Hall–Kier alpha value is -3.39. The summed E-state index contributed by atoms with van der Waals surface area (Å²) in [5, 5.41) is 23.3. The van der Waals surface area contributed by atoms with Crippen molar-refractivity contribution < 1.29 is 15.0 Å². The molecule has 32 heavy (non-hydrogen) atoms. The second kappa shape index (κ2) is 8.27. The number of para-hydroxylation sites is 1. The second-order valence-electron chi connectivity index (χ2n) is 8.86. The number of aliphatic hydroxyl groups is 1. The average molecular weight is 437 g/mol. The lowest BCUT2D eigenvalue weighted by molar-refractivity contribution is 0.0447. The second-order valence-corrected chi connectivity index (χ2v) is 8.86. The Labute approximate surface area is 186 Å². The molecule has 0 aliphatic carbocycles. The van der Waals surface area contributed by atoms with E-state index >= 15 is 0 Å². The van der Waals surface area contributed by atoms with E-state index in [1.807, 2.05) is 24.8 Å². The van der Waals surface area contributed by atoms with Crippen LogP contribution >= 0.6 is 0 Å². The topological polar surface area (TPSA) is 107 Å². The number of hydrogen-bond acceptors (Lipinski definition) is 6. The Kier molecular flexibility index (Phi) is 5.64. The summed E-state index contributed by atoms with van der Waals surface area (Å²) in [5.74, 6) is -0.471. The van der Waals surface area contributed by atoms with Crippen molar-refractivity contribution in [3.8, 4) is 0 Å². The minimum atomic E-state index is -1.01. The predicted molar refractivity (Wildman–Crippen MR) is 124 cm³/mol. The smallest absolute Gasteiger partial charge is 0.337 e. The fraction of sp³-hybridized carbons (Fsp3) is 0.375. The molecule has 1 saturated heterocycles. The van der Waals surface area contributed by atoms with Crippen molar-refractivity contribution in [2.24, 2.45) is 0 Å². The molecule has 3 N–H and O–H groups in total. The number of aromatic nitrogens is 2. The molecule has 8 heteroatoms. The molecule has 1 fully saturated rings. The van der Waals surface area contributed by atoms with Crippen molar-refractivity contribution in [3.63, 3.8) is 0 Å². The fourth-order valence-electron chi connectivity index (χ4n) is 4.36. The number of piperidine rings is 1. The zero-order valence-corrected chi connectivity index (χ0v) is 18.5. The molecule has 8 nitrogen and oxygen atoms in total. The summed E-state index contributed by atoms with van der Waals surface area (Å²) < 4.78 is 1.53. The lowest BCUT2D eigenvalue weighted by atomic mass is 9.95. The van der Waals surface area contributed by atoms with Crippen LogP contribution in [0, 0.1) is 6.92 Å². The quantitative estimate of drug-likeness (QED) is 0.564. The number of nitrogens with one attached hydrogen (secondary N) is 1. The molecule has 1 aromatic carbocycles. The molecule has 168 valence electrons. The number of β-amino-alcohol motifs (C(OH)–C–C–N with tert-alkyl or cyclic N) is 1. The van der Waals surface area contributed by atoms with Crippen LogP contribution < -0.4 is 15.8 Å². The fourth-order valence-corrected chi connectivity index (χ4v) is 4.36. The summed E-state index contributed by atoms with van der Waals surface area (Å²) in [7, 11) is 0. The standard InChI is InChI=1S/C24H28N4O4/c1-15-11-18(16(2)25-19-8-5-4-7-17(19)23(30)31)22-26-20(12-21(29)28(22)13-15)27-10-6-9-24(3,32)14-27/h4-5,7-8,11-13,16,25,32H,6,9-10,14H2,1-3H3,(H,30,31). The van der Waals surface area contributed by atoms with Crippen LogP contribution in [0.5, 0.6) is 0 Å². The summed E-state index contributed by atoms with van der Waals surface area (Å²) in [6, 6.07) is 9.89. The van der Waals surface area contributed by atoms with Crippen LogP contribution in [0.1, 0.15) is 54.2 Å². The van der Waals surface area contributed by atoms with Crippen LogP contribution in [0.15, 0.2) is 47.4 Å². The third kappa shape index (κ3) is 4.31. The lowest BCUT2D eigenvalue weighted by Gasteiger charge is -2.37. The van der Waals surface area contributed by atoms with E-state index in [4.69, 9.17) is 4.98 Å². The molecule has 2 atom stereocenters. The van der Waals surface area contributed by atoms with Gasteiger partial charge in [0.05, 0.1) is 17.2 Å². The lowest BCUT2D eigenvalue weighted by Crippen LogP contribution is -2.46. The van der Waals surface area contributed by atoms with Crippen molar-refractivity contribution >= 4 is 23.1 Å². The number of aryl methyl sites for hydroxylation is 1. The Morgan fingerprint density at radius 3 is 2.75 bits per heavy atom. The Balaban J connectivity index is 1.78. The number of nitrogens with zero attached hydrogens (tertiary/aromatic N) is 3. The highest BCUT2D eigenvalue weighted by atomic mass is 16.4. The Bertz CT molecular complexity index is 1230. The van der Waals surface area contributed by atoms with Crippen molar-refractivity contribution in [2.75, 3.05) is 23.3 Å². The van der Waals surface area contributed by atoms with Crippen LogP contribution in [0.25, 0.3) is 5.65 Å². The maximum absolute atomic E-state index is 13.0. The highest BCUT2D eigenvalue weighted by molar-refractivity contribution is 5.94. The van der Waals surface area contributed by atoms with E-state index in [2.05, 4.69) is 5.32 Å². The minimum absolute atomic E-state index is 0.178. The van der Waals surface area contributed by atoms with E-state index in [0.29, 0.717) is 30.1 Å². The first kappa shape index (κ1) is 21.8. The maximum Gasteiger partial charge on any atom is 0.337 e. The SMILES string of the molecule is Cc1cc(C(C)Nc2ccccc2C(=O)O)c2nc(N3CCCC(C)(O)C3)cc(=O)n2c1. The molecule has 3 heterocycles. The van der Waals surface area contributed by atoms with Gasteiger partial charge in [0.2, 0.25) is 0 Å². The van der Waals surface area contributed by atoms with Gasteiger partial charge in [-0.15, -0.1) is 0 Å². The molecule has 2 unspecified atom stereocenters. The molecule has 2 aromatic heterocycles. The van der Waals surface area contributed by atoms with Crippen LogP contribution in [0.3, 0.4) is 0 Å². The zero-order valence-electron chi connectivity index (χ0n) is 18.5. The molecule has 0 saturated carbocycles.